The van der Waals surface area contributed by atoms with Crippen LogP contribution in [0.25, 0.3) is 0 Å². The lowest BCUT2D eigenvalue weighted by Crippen LogP contribution is -2.40. The molecule has 0 radical (unpaired) electrons. The van der Waals surface area contributed by atoms with Crippen LogP contribution in [0, 0.1) is 5.82 Å². The molecule has 2 aromatic rings. The van der Waals surface area contributed by atoms with Crippen LogP contribution in [-0.4, -0.2) is 50.2 Å². The van der Waals surface area contributed by atoms with E-state index in [2.05, 4.69) is 22.3 Å². The summed E-state index contributed by atoms with van der Waals surface area (Å²) in [5, 5.41) is 3.11. The van der Waals surface area contributed by atoms with Crippen LogP contribution in [0.5, 0.6) is 0 Å². The molecular formula is C23H28FN3O2. The number of para-hydroxylation sites is 1. The van der Waals surface area contributed by atoms with E-state index in [1.807, 2.05) is 24.1 Å². The number of hydrogen-bond donors (Lipinski definition) is 1. The van der Waals surface area contributed by atoms with E-state index in [1.165, 1.54) is 23.4 Å². The Bertz CT molecular complexity index is 832. The first-order chi connectivity index (χ1) is 14.1. The van der Waals surface area contributed by atoms with E-state index >= 15 is 0 Å². The van der Waals surface area contributed by atoms with Gasteiger partial charge in [-0.15, -0.1) is 0 Å². The molecule has 1 N–H and O–H groups in total. The number of carbonyl (C=O) groups is 1. The Kier molecular flexibility index (Phi) is 6.11. The molecule has 1 saturated heterocycles. The highest BCUT2D eigenvalue weighted by atomic mass is 19.1. The molecule has 0 aromatic heterocycles. The number of rotatable bonds is 7. The summed E-state index contributed by atoms with van der Waals surface area (Å²) in [5.74, 6) is -0.319. The number of amides is 1. The smallest absolute Gasteiger partial charge is 0.242 e. The number of nitrogens with zero attached hydrogens (tertiary/aromatic N) is 2. The maximum atomic E-state index is 13.4. The lowest BCUT2D eigenvalue weighted by atomic mass is 10.0. The largest absolute Gasteiger partial charge is 0.378 e. The van der Waals surface area contributed by atoms with E-state index < -0.39 is 6.04 Å². The second kappa shape index (κ2) is 8.93. The van der Waals surface area contributed by atoms with E-state index in [9.17, 15) is 9.18 Å². The van der Waals surface area contributed by atoms with Gasteiger partial charge in [0.05, 0.1) is 13.2 Å². The fourth-order valence-corrected chi connectivity index (χ4v) is 3.88. The summed E-state index contributed by atoms with van der Waals surface area (Å²) in [6, 6.07) is 14.4. The standard InChI is InChI=1S/C23H28FN3O2/c1-26(16-18-4-2-3-5-21(18)27-12-14-29-15-13-27)22(23(28)25-20-10-11-20)17-6-8-19(24)9-7-17/h2-9,20,22H,10-16H2,1H3,(H,25,28)/t22-/m0/s1. The summed E-state index contributed by atoms with van der Waals surface area (Å²) >= 11 is 0. The monoisotopic (exact) mass is 397 g/mol. The minimum atomic E-state index is -0.464. The van der Waals surface area contributed by atoms with Crippen molar-refractivity contribution < 1.29 is 13.9 Å². The number of nitrogens with one attached hydrogen (secondary N) is 1. The summed E-state index contributed by atoms with van der Waals surface area (Å²) in [5.41, 5.74) is 3.15. The zero-order valence-electron chi connectivity index (χ0n) is 16.8. The van der Waals surface area contributed by atoms with Crippen LogP contribution in [0.3, 0.4) is 0 Å². The number of hydrogen-bond acceptors (Lipinski definition) is 4. The average molecular weight is 397 g/mol. The lowest BCUT2D eigenvalue weighted by Gasteiger charge is -2.33. The third-order valence-electron chi connectivity index (χ3n) is 5.56. The SMILES string of the molecule is CN(Cc1ccccc1N1CCOCC1)[C@H](C(=O)NC1CC1)c1ccc(F)cc1. The molecule has 1 aliphatic carbocycles. The van der Waals surface area contributed by atoms with Gasteiger partial charge in [-0.05, 0) is 49.2 Å². The first-order valence-corrected chi connectivity index (χ1v) is 10.3. The van der Waals surface area contributed by atoms with Gasteiger partial charge in [0.2, 0.25) is 5.91 Å². The summed E-state index contributed by atoms with van der Waals surface area (Å²) in [7, 11) is 1.95. The first-order valence-electron chi connectivity index (χ1n) is 10.3. The van der Waals surface area contributed by atoms with Crippen molar-refractivity contribution in [2.45, 2.75) is 31.5 Å². The maximum absolute atomic E-state index is 13.4. The Balaban J connectivity index is 1.57. The minimum absolute atomic E-state index is 0.0227. The van der Waals surface area contributed by atoms with Crippen molar-refractivity contribution in [3.05, 3.63) is 65.5 Å². The van der Waals surface area contributed by atoms with E-state index in [-0.39, 0.29) is 17.8 Å². The van der Waals surface area contributed by atoms with Crippen LogP contribution in [0.15, 0.2) is 48.5 Å². The van der Waals surface area contributed by atoms with Crippen molar-refractivity contribution >= 4 is 11.6 Å². The van der Waals surface area contributed by atoms with Crippen LogP contribution < -0.4 is 10.2 Å². The Morgan fingerprint density at radius 3 is 2.55 bits per heavy atom. The van der Waals surface area contributed by atoms with Crippen molar-refractivity contribution in [1.29, 1.82) is 0 Å². The first kappa shape index (κ1) is 19.9. The average Bonchev–Trinajstić information content (AvgIpc) is 3.55. The summed E-state index contributed by atoms with van der Waals surface area (Å²) in [4.78, 5) is 17.4. The van der Waals surface area contributed by atoms with Gasteiger partial charge in [-0.25, -0.2) is 4.39 Å². The molecule has 0 bridgehead atoms. The van der Waals surface area contributed by atoms with Crippen molar-refractivity contribution in [3.8, 4) is 0 Å². The number of ether oxygens (including phenoxy) is 1. The van der Waals surface area contributed by atoms with Gasteiger partial charge in [0, 0.05) is 31.4 Å². The molecule has 1 atom stereocenters. The topological polar surface area (TPSA) is 44.8 Å². The molecule has 2 aliphatic rings. The zero-order chi connectivity index (χ0) is 20.2. The van der Waals surface area contributed by atoms with E-state index in [0.717, 1.165) is 44.7 Å². The van der Waals surface area contributed by atoms with Gasteiger partial charge in [0.1, 0.15) is 11.9 Å². The Hall–Kier alpha value is -2.44. The fraction of sp³-hybridized carbons (Fsp3) is 0.435. The second-order valence-electron chi connectivity index (χ2n) is 7.88. The van der Waals surface area contributed by atoms with Crippen LogP contribution in [0.1, 0.15) is 30.0 Å². The van der Waals surface area contributed by atoms with Gasteiger partial charge in [0.25, 0.3) is 0 Å². The normalized spacial score (nSPS) is 18.0. The third kappa shape index (κ3) is 4.95. The summed E-state index contributed by atoms with van der Waals surface area (Å²) in [6.45, 7) is 3.81. The zero-order valence-corrected chi connectivity index (χ0v) is 16.8. The molecule has 0 spiro atoms. The highest BCUT2D eigenvalue weighted by Gasteiger charge is 2.31. The van der Waals surface area contributed by atoms with Crippen molar-refractivity contribution in [3.63, 3.8) is 0 Å². The van der Waals surface area contributed by atoms with Gasteiger partial charge in [-0.3, -0.25) is 9.69 Å². The molecule has 154 valence electrons. The Morgan fingerprint density at radius 2 is 1.86 bits per heavy atom. The molecule has 1 amide bonds. The summed E-state index contributed by atoms with van der Waals surface area (Å²) < 4.78 is 18.9. The summed E-state index contributed by atoms with van der Waals surface area (Å²) in [6.07, 6.45) is 2.07. The van der Waals surface area contributed by atoms with Gasteiger partial charge in [-0.2, -0.15) is 0 Å². The molecule has 5 nitrogen and oxygen atoms in total. The number of anilines is 1. The van der Waals surface area contributed by atoms with Crippen molar-refractivity contribution in [1.82, 2.24) is 10.2 Å². The number of likely N-dealkylation sites (N-methyl/N-ethyl adjacent to an activating group) is 1. The molecule has 1 saturated carbocycles. The Morgan fingerprint density at radius 1 is 1.17 bits per heavy atom. The highest BCUT2D eigenvalue weighted by molar-refractivity contribution is 5.83. The van der Waals surface area contributed by atoms with E-state index in [4.69, 9.17) is 4.74 Å². The number of carbonyl (C=O) groups excluding carboxylic acids is 1. The Labute approximate surface area is 171 Å². The van der Waals surface area contributed by atoms with Crippen molar-refractivity contribution in [2.24, 2.45) is 0 Å². The third-order valence-corrected chi connectivity index (χ3v) is 5.56. The highest BCUT2D eigenvalue weighted by Crippen LogP contribution is 2.28. The molecule has 4 rings (SSSR count). The van der Waals surface area contributed by atoms with Crippen LogP contribution in [0.4, 0.5) is 10.1 Å². The van der Waals surface area contributed by atoms with Crippen LogP contribution in [-0.2, 0) is 16.1 Å². The fourth-order valence-electron chi connectivity index (χ4n) is 3.88. The number of benzene rings is 2. The molecule has 2 aromatic carbocycles. The van der Waals surface area contributed by atoms with Crippen LogP contribution >= 0.6 is 0 Å². The van der Waals surface area contributed by atoms with Crippen molar-refractivity contribution in [2.75, 3.05) is 38.3 Å². The molecule has 6 heteroatoms. The molecule has 29 heavy (non-hydrogen) atoms. The molecule has 2 fully saturated rings. The second-order valence-corrected chi connectivity index (χ2v) is 7.88. The molecular weight excluding hydrogens is 369 g/mol. The lowest BCUT2D eigenvalue weighted by molar-refractivity contribution is -0.126. The van der Waals surface area contributed by atoms with Gasteiger partial charge >= 0.3 is 0 Å². The predicted molar refractivity (Wildman–Crippen MR) is 111 cm³/mol. The number of halogens is 1. The molecule has 0 unspecified atom stereocenters. The minimum Gasteiger partial charge on any atom is -0.378 e. The number of morpholine rings is 1. The van der Waals surface area contributed by atoms with E-state index in [0.29, 0.717) is 6.54 Å². The van der Waals surface area contributed by atoms with E-state index in [1.54, 1.807) is 12.1 Å². The predicted octanol–water partition coefficient (Wildman–Crippen LogP) is 3.11. The molecule has 1 heterocycles. The van der Waals surface area contributed by atoms with Gasteiger partial charge in [-0.1, -0.05) is 30.3 Å². The van der Waals surface area contributed by atoms with Gasteiger partial charge in [0.15, 0.2) is 0 Å². The molecule has 1 aliphatic heterocycles. The van der Waals surface area contributed by atoms with Gasteiger partial charge < -0.3 is 15.0 Å². The van der Waals surface area contributed by atoms with Crippen LogP contribution in [0.2, 0.25) is 0 Å². The maximum Gasteiger partial charge on any atom is 0.242 e. The quantitative estimate of drug-likeness (QED) is 0.780.